The average molecular weight is 373 g/mol. The Hall–Kier alpha value is -2.18. The van der Waals surface area contributed by atoms with Crippen LogP contribution in [0.15, 0.2) is 65.9 Å². The number of nitrogens with zero attached hydrogens (tertiary/aromatic N) is 1. The summed E-state index contributed by atoms with van der Waals surface area (Å²) in [6, 6.07) is 17.2. The van der Waals surface area contributed by atoms with Crippen LogP contribution in [-0.2, 0) is 15.3 Å². The third-order valence-electron chi connectivity index (χ3n) is 3.28. The standard InChI is InChI=1S/C19H19NO3S2/c1-23-12-17(18(21)22)16-11-7-6-8-14(16)13-25-19(24-2)20-15-9-4-3-5-10-15/h3-12H,13H2,1-2H3,(H,21,22)/b17-12+,20-19+. The van der Waals surface area contributed by atoms with Crippen molar-refractivity contribution in [1.29, 1.82) is 0 Å². The van der Waals surface area contributed by atoms with E-state index in [2.05, 4.69) is 4.99 Å². The Morgan fingerprint density at radius 3 is 2.48 bits per heavy atom. The zero-order valence-electron chi connectivity index (χ0n) is 14.0. The van der Waals surface area contributed by atoms with Crippen molar-refractivity contribution in [3.05, 3.63) is 72.0 Å². The van der Waals surface area contributed by atoms with Crippen LogP contribution in [0.25, 0.3) is 5.57 Å². The van der Waals surface area contributed by atoms with Gasteiger partial charge in [-0.3, -0.25) is 0 Å². The smallest absolute Gasteiger partial charge is 0.339 e. The Labute approximate surface area is 156 Å². The van der Waals surface area contributed by atoms with E-state index in [1.165, 1.54) is 13.4 Å². The molecule has 0 aliphatic carbocycles. The summed E-state index contributed by atoms with van der Waals surface area (Å²) >= 11 is 3.15. The van der Waals surface area contributed by atoms with Crippen molar-refractivity contribution >= 4 is 45.1 Å². The predicted molar refractivity (Wildman–Crippen MR) is 107 cm³/mol. The topological polar surface area (TPSA) is 58.9 Å². The van der Waals surface area contributed by atoms with E-state index in [0.717, 1.165) is 15.6 Å². The lowest BCUT2D eigenvalue weighted by Crippen LogP contribution is -2.03. The SMILES string of the molecule is CO/C=C(/C(=O)O)c1ccccc1CS/C(=N/c1ccccc1)SC. The number of aliphatic carboxylic acids is 1. The van der Waals surface area contributed by atoms with Gasteiger partial charge in [0.1, 0.15) is 9.95 Å². The van der Waals surface area contributed by atoms with Crippen LogP contribution in [0.3, 0.4) is 0 Å². The largest absolute Gasteiger partial charge is 0.503 e. The minimum absolute atomic E-state index is 0.143. The summed E-state index contributed by atoms with van der Waals surface area (Å²) in [5.74, 6) is -0.390. The van der Waals surface area contributed by atoms with E-state index in [9.17, 15) is 9.90 Å². The molecule has 1 N–H and O–H groups in total. The van der Waals surface area contributed by atoms with Gasteiger partial charge in [-0.25, -0.2) is 9.79 Å². The molecule has 2 aromatic rings. The van der Waals surface area contributed by atoms with Crippen molar-refractivity contribution in [1.82, 2.24) is 0 Å². The summed E-state index contributed by atoms with van der Waals surface area (Å²) in [7, 11) is 1.44. The maximum atomic E-state index is 11.5. The number of carbonyl (C=O) groups is 1. The highest BCUT2D eigenvalue weighted by molar-refractivity contribution is 8.38. The maximum absolute atomic E-state index is 11.5. The number of benzene rings is 2. The van der Waals surface area contributed by atoms with Gasteiger partial charge in [0.25, 0.3) is 0 Å². The predicted octanol–water partition coefficient (Wildman–Crippen LogP) is 5.04. The number of aliphatic imine (C=N–C) groups is 1. The molecule has 0 atom stereocenters. The molecule has 2 rings (SSSR count). The van der Waals surface area contributed by atoms with Crippen molar-refractivity contribution in [3.63, 3.8) is 0 Å². The van der Waals surface area contributed by atoms with Crippen molar-refractivity contribution in [2.75, 3.05) is 13.4 Å². The fourth-order valence-electron chi connectivity index (χ4n) is 2.14. The fraction of sp³-hybridized carbons (Fsp3) is 0.158. The van der Waals surface area contributed by atoms with Gasteiger partial charge in [-0.05, 0) is 29.5 Å². The maximum Gasteiger partial charge on any atom is 0.339 e. The molecule has 4 nitrogen and oxygen atoms in total. The summed E-state index contributed by atoms with van der Waals surface area (Å²) in [4.78, 5) is 16.1. The second kappa shape index (κ2) is 9.96. The van der Waals surface area contributed by atoms with Crippen molar-refractivity contribution in [2.45, 2.75) is 5.75 Å². The molecule has 6 heteroatoms. The second-order valence-corrected chi connectivity index (χ2v) is 6.95. The van der Waals surface area contributed by atoms with E-state index in [4.69, 9.17) is 4.74 Å². The summed E-state index contributed by atoms with van der Waals surface area (Å²) in [5, 5.41) is 9.42. The van der Waals surface area contributed by atoms with Gasteiger partial charge in [-0.2, -0.15) is 0 Å². The van der Waals surface area contributed by atoms with E-state index in [1.807, 2.05) is 54.8 Å². The molecular formula is C19H19NO3S2. The summed E-state index contributed by atoms with van der Waals surface area (Å²) in [6.07, 6.45) is 3.24. The Balaban J connectivity index is 2.22. The van der Waals surface area contributed by atoms with Crippen molar-refractivity contribution in [3.8, 4) is 0 Å². The van der Waals surface area contributed by atoms with Gasteiger partial charge in [-0.15, -0.1) is 11.8 Å². The minimum atomic E-state index is -1.01. The molecule has 0 bridgehead atoms. The molecule has 0 aliphatic rings. The van der Waals surface area contributed by atoms with Crippen LogP contribution in [0.1, 0.15) is 11.1 Å². The van der Waals surface area contributed by atoms with Gasteiger partial charge < -0.3 is 9.84 Å². The third-order valence-corrected chi connectivity index (χ3v) is 5.36. The number of thioether (sulfide) groups is 2. The fourth-order valence-corrected chi connectivity index (χ4v) is 3.69. The number of para-hydroxylation sites is 1. The monoisotopic (exact) mass is 373 g/mol. The number of methoxy groups -OCH3 is 1. The van der Waals surface area contributed by atoms with E-state index in [-0.39, 0.29) is 5.57 Å². The van der Waals surface area contributed by atoms with Crippen LogP contribution >= 0.6 is 23.5 Å². The van der Waals surface area contributed by atoms with Gasteiger partial charge >= 0.3 is 5.97 Å². The Morgan fingerprint density at radius 1 is 1.16 bits per heavy atom. The average Bonchev–Trinajstić information content (AvgIpc) is 2.64. The Morgan fingerprint density at radius 2 is 1.84 bits per heavy atom. The van der Waals surface area contributed by atoms with Gasteiger partial charge in [-0.1, -0.05) is 54.2 Å². The molecule has 0 unspecified atom stereocenters. The van der Waals surface area contributed by atoms with Crippen LogP contribution in [0, 0.1) is 0 Å². The van der Waals surface area contributed by atoms with Crippen LogP contribution in [0.5, 0.6) is 0 Å². The van der Waals surface area contributed by atoms with Gasteiger partial charge in [0.2, 0.25) is 0 Å². The molecule has 25 heavy (non-hydrogen) atoms. The number of carboxylic acids is 1. The summed E-state index contributed by atoms with van der Waals surface area (Å²) < 4.78 is 5.85. The second-order valence-electron chi connectivity index (χ2n) is 4.94. The normalized spacial score (nSPS) is 12.1. The lowest BCUT2D eigenvalue weighted by atomic mass is 10.0. The molecule has 130 valence electrons. The van der Waals surface area contributed by atoms with Crippen LogP contribution in [0.4, 0.5) is 5.69 Å². The van der Waals surface area contributed by atoms with E-state index in [1.54, 1.807) is 29.6 Å². The molecule has 0 spiro atoms. The Kier molecular flexibility index (Phi) is 7.63. The first kappa shape index (κ1) is 19.1. The number of carboxylic acid groups (broad SMARTS) is 1. The van der Waals surface area contributed by atoms with Crippen molar-refractivity contribution < 1.29 is 14.6 Å². The highest BCUT2D eigenvalue weighted by Gasteiger charge is 2.15. The molecule has 0 aromatic heterocycles. The van der Waals surface area contributed by atoms with Gasteiger partial charge in [0.05, 0.1) is 19.1 Å². The number of ether oxygens (including phenoxy) is 1. The van der Waals surface area contributed by atoms with Crippen LogP contribution < -0.4 is 0 Å². The zero-order chi connectivity index (χ0) is 18.1. The van der Waals surface area contributed by atoms with Gasteiger partial charge in [0, 0.05) is 5.75 Å². The van der Waals surface area contributed by atoms with Crippen LogP contribution in [-0.4, -0.2) is 28.8 Å². The molecule has 0 aliphatic heterocycles. The Bertz CT molecular complexity index is 773. The third kappa shape index (κ3) is 5.69. The summed E-state index contributed by atoms with van der Waals surface area (Å²) in [6.45, 7) is 0. The molecule has 0 saturated carbocycles. The van der Waals surface area contributed by atoms with Crippen LogP contribution in [0.2, 0.25) is 0 Å². The van der Waals surface area contributed by atoms with E-state index >= 15 is 0 Å². The summed E-state index contributed by atoms with van der Waals surface area (Å²) in [5.41, 5.74) is 2.63. The first-order valence-corrected chi connectivity index (χ1v) is 9.71. The minimum Gasteiger partial charge on any atom is -0.503 e. The first-order valence-electron chi connectivity index (χ1n) is 7.50. The van der Waals surface area contributed by atoms with E-state index < -0.39 is 5.97 Å². The highest BCUT2D eigenvalue weighted by Crippen LogP contribution is 2.28. The molecule has 2 aromatic carbocycles. The number of hydrogen-bond donors (Lipinski definition) is 1. The van der Waals surface area contributed by atoms with Gasteiger partial charge in [0.15, 0.2) is 0 Å². The molecule has 0 radical (unpaired) electrons. The number of rotatable bonds is 6. The molecule has 0 fully saturated rings. The lowest BCUT2D eigenvalue weighted by Gasteiger charge is -2.10. The first-order chi connectivity index (χ1) is 12.2. The molecular weight excluding hydrogens is 354 g/mol. The van der Waals surface area contributed by atoms with Crippen molar-refractivity contribution in [2.24, 2.45) is 4.99 Å². The zero-order valence-corrected chi connectivity index (χ0v) is 15.6. The lowest BCUT2D eigenvalue weighted by molar-refractivity contribution is -0.130. The quantitative estimate of drug-likeness (QED) is 0.333. The number of hydrogen-bond acceptors (Lipinski definition) is 5. The molecule has 0 saturated heterocycles. The van der Waals surface area contributed by atoms with E-state index in [0.29, 0.717) is 11.3 Å². The highest BCUT2D eigenvalue weighted by atomic mass is 32.2. The molecule has 0 heterocycles. The molecule has 0 amide bonds.